The van der Waals surface area contributed by atoms with Crippen LogP contribution in [0, 0.1) is 22.7 Å². The Morgan fingerprint density at radius 1 is 0.934 bits per heavy atom. The molecule has 5 amide bonds. The van der Waals surface area contributed by atoms with E-state index in [1.807, 2.05) is 105 Å². The van der Waals surface area contributed by atoms with E-state index in [2.05, 4.69) is 36.5 Å². The number of nitrogens with zero attached hydrogens (tertiary/aromatic N) is 4. The predicted molar refractivity (Wildman–Crippen MR) is 238 cm³/mol. The van der Waals surface area contributed by atoms with E-state index in [-0.39, 0.29) is 48.0 Å². The molecule has 15 nitrogen and oxygen atoms in total. The van der Waals surface area contributed by atoms with Crippen molar-refractivity contribution < 1.29 is 28.7 Å². The molecule has 2 aromatic rings. The number of aromatic nitrogens is 1. The van der Waals surface area contributed by atoms with E-state index in [1.165, 1.54) is 11.3 Å². The van der Waals surface area contributed by atoms with E-state index in [0.717, 1.165) is 30.2 Å². The maximum atomic E-state index is 14.9. The molecule has 0 radical (unpaired) electrons. The van der Waals surface area contributed by atoms with E-state index < -0.39 is 58.8 Å². The monoisotopic (exact) mass is 864 g/mol. The average molecular weight is 864 g/mol. The van der Waals surface area contributed by atoms with E-state index in [4.69, 9.17) is 9.73 Å². The zero-order valence-corrected chi connectivity index (χ0v) is 38.6. The number of ether oxygens (including phenoxy) is 1. The van der Waals surface area contributed by atoms with Crippen LogP contribution in [0.1, 0.15) is 105 Å². The van der Waals surface area contributed by atoms with Crippen molar-refractivity contribution >= 4 is 46.7 Å². The van der Waals surface area contributed by atoms with Crippen molar-refractivity contribution in [2.24, 2.45) is 27.7 Å². The molecule has 16 heteroatoms. The molecule has 1 aromatic carbocycles. The van der Waals surface area contributed by atoms with Crippen molar-refractivity contribution in [3.8, 4) is 0 Å². The fourth-order valence-electron chi connectivity index (χ4n) is 8.28. The van der Waals surface area contributed by atoms with Gasteiger partial charge in [0.2, 0.25) is 29.5 Å². The number of carbonyl (C=O) groups excluding carboxylic acids is 5. The number of hydrogen-bond acceptors (Lipinski definition) is 11. The molecule has 4 heterocycles. The summed E-state index contributed by atoms with van der Waals surface area (Å²) in [4.78, 5) is 84.7. The van der Waals surface area contributed by atoms with Gasteiger partial charge >= 0.3 is 0 Å². The Kier molecular flexibility index (Phi) is 16.1. The Hall–Kier alpha value is -4.41. The zero-order valence-electron chi connectivity index (χ0n) is 37.7. The van der Waals surface area contributed by atoms with Crippen molar-refractivity contribution in [2.75, 3.05) is 45.9 Å². The number of nitrogens with one attached hydrogen (secondary N) is 5. The summed E-state index contributed by atoms with van der Waals surface area (Å²) >= 11 is 1.48. The Labute approximate surface area is 366 Å². The molecule has 8 atom stereocenters. The molecule has 3 aliphatic heterocycles. The molecule has 0 aliphatic carbocycles. The molecule has 336 valence electrons. The highest BCUT2D eigenvalue weighted by atomic mass is 32.1. The standard InChI is InChI=1S/C45H69N9O6S/c1-27(2)33-39(56)52-36(44(5,6)7)38(47-26-32(55)54-20-16-28(3)35(54)41(58)49-33)51-37(45(8,9)10)42(59)50-34(29(4)30-14-12-11-13-15-30)40(57)48-31(43-46-18-25-61-43)17-19-53-21-23-60-24-22-53/h11-15,18,25,27-29,31,33-37H,16-17,19-24,26H2,1-10H3,(H,47,51)(H,48,57)(H,49,58)(H,50,59)(H,52,56)/t28-,29?,31+,33+,34+,35+,36-,37-/m1/s1. The second kappa shape index (κ2) is 20.6. The van der Waals surface area contributed by atoms with Gasteiger partial charge in [-0.3, -0.25) is 33.9 Å². The van der Waals surface area contributed by atoms with Gasteiger partial charge in [-0.25, -0.2) is 4.98 Å². The number of thiazole rings is 1. The van der Waals surface area contributed by atoms with Crippen molar-refractivity contribution in [3.05, 3.63) is 52.5 Å². The topological polar surface area (TPSA) is 186 Å². The zero-order chi connectivity index (χ0) is 44.6. The van der Waals surface area contributed by atoms with Crippen LogP contribution in [0.3, 0.4) is 0 Å². The SMILES string of the molecule is CC(C)[C@@H]1NC(=O)[C@@H]2[C@H](C)CCN2C(=O)CN=C(N[C@H](C(=O)N[C@H](C(=O)N[C@@H](CCN2CCOCC2)c2nccs2)C(C)c2ccccc2)C(C)(C)C)[C@H](C(C)(C)C)NC1=O. The predicted octanol–water partition coefficient (Wildman–Crippen LogP) is 3.64. The summed E-state index contributed by atoms with van der Waals surface area (Å²) in [7, 11) is 0. The van der Waals surface area contributed by atoms with Crippen LogP contribution in [0.2, 0.25) is 0 Å². The Morgan fingerprint density at radius 3 is 2.23 bits per heavy atom. The van der Waals surface area contributed by atoms with Crippen LogP contribution >= 0.6 is 11.3 Å². The summed E-state index contributed by atoms with van der Waals surface area (Å²) in [5.41, 5.74) is -0.545. The van der Waals surface area contributed by atoms with E-state index in [9.17, 15) is 24.0 Å². The van der Waals surface area contributed by atoms with Crippen LogP contribution in [-0.4, -0.2) is 126 Å². The van der Waals surface area contributed by atoms with Gasteiger partial charge in [0.15, 0.2) is 0 Å². The lowest BCUT2D eigenvalue weighted by atomic mass is 9.82. The number of fused-ring (bicyclic) bond motifs is 1. The maximum Gasteiger partial charge on any atom is 0.244 e. The number of hydrogen-bond donors (Lipinski definition) is 5. The minimum Gasteiger partial charge on any atom is -0.379 e. The highest BCUT2D eigenvalue weighted by Gasteiger charge is 2.44. The fourth-order valence-corrected chi connectivity index (χ4v) is 9.00. The van der Waals surface area contributed by atoms with Crippen LogP contribution < -0.4 is 26.6 Å². The van der Waals surface area contributed by atoms with Gasteiger partial charge in [-0.05, 0) is 41.1 Å². The summed E-state index contributed by atoms with van der Waals surface area (Å²) in [6, 6.07) is 4.84. The largest absolute Gasteiger partial charge is 0.379 e. The van der Waals surface area contributed by atoms with Crippen molar-refractivity contribution in [2.45, 2.75) is 124 Å². The van der Waals surface area contributed by atoms with Gasteiger partial charge < -0.3 is 36.2 Å². The lowest BCUT2D eigenvalue weighted by Crippen LogP contribution is -2.65. The van der Waals surface area contributed by atoms with E-state index in [0.29, 0.717) is 32.6 Å². The second-order valence-electron chi connectivity index (χ2n) is 19.3. The smallest absolute Gasteiger partial charge is 0.244 e. The van der Waals surface area contributed by atoms with Gasteiger partial charge in [0.1, 0.15) is 41.6 Å². The van der Waals surface area contributed by atoms with Crippen molar-refractivity contribution in [1.82, 2.24) is 41.4 Å². The first-order chi connectivity index (χ1) is 28.8. The average Bonchev–Trinajstić information content (AvgIpc) is 3.89. The first-order valence-electron chi connectivity index (χ1n) is 21.8. The normalized spacial score (nSPS) is 24.2. The number of morpholine rings is 1. The molecule has 0 bridgehead atoms. The molecule has 1 aromatic heterocycles. The molecular weight excluding hydrogens is 795 g/mol. The number of amides is 5. The van der Waals surface area contributed by atoms with E-state index in [1.54, 1.807) is 11.1 Å². The molecule has 3 aliphatic rings. The number of rotatable bonds is 12. The maximum absolute atomic E-state index is 14.9. The Morgan fingerprint density at radius 2 is 1.62 bits per heavy atom. The molecule has 1 unspecified atom stereocenters. The highest BCUT2D eigenvalue weighted by molar-refractivity contribution is 7.09. The lowest BCUT2D eigenvalue weighted by molar-refractivity contribution is -0.140. The number of amidine groups is 1. The van der Waals surface area contributed by atoms with Gasteiger partial charge in [-0.1, -0.05) is 99.6 Å². The summed E-state index contributed by atoms with van der Waals surface area (Å²) < 4.78 is 5.55. The molecule has 61 heavy (non-hydrogen) atoms. The minimum atomic E-state index is -0.991. The van der Waals surface area contributed by atoms with Crippen LogP contribution in [0.5, 0.6) is 0 Å². The van der Waals surface area contributed by atoms with Crippen molar-refractivity contribution in [1.29, 1.82) is 0 Å². The third-order valence-electron chi connectivity index (χ3n) is 12.1. The summed E-state index contributed by atoms with van der Waals surface area (Å²) in [5, 5.41) is 18.6. The summed E-state index contributed by atoms with van der Waals surface area (Å²) in [6.07, 6.45) is 3.00. The fraction of sp³-hybridized carbons (Fsp3) is 0.667. The summed E-state index contributed by atoms with van der Waals surface area (Å²) in [6.45, 7) is 22.9. The van der Waals surface area contributed by atoms with Gasteiger partial charge in [-0.15, -0.1) is 11.3 Å². The van der Waals surface area contributed by atoms with Gasteiger partial charge in [0.25, 0.3) is 0 Å². The van der Waals surface area contributed by atoms with Gasteiger partial charge in [0, 0.05) is 43.7 Å². The lowest BCUT2D eigenvalue weighted by Gasteiger charge is -2.39. The molecule has 0 spiro atoms. The molecule has 5 rings (SSSR count). The second-order valence-corrected chi connectivity index (χ2v) is 20.3. The third-order valence-corrected chi connectivity index (χ3v) is 13.0. The van der Waals surface area contributed by atoms with Crippen LogP contribution in [0.4, 0.5) is 0 Å². The Balaban J connectivity index is 1.49. The van der Waals surface area contributed by atoms with Crippen molar-refractivity contribution in [3.63, 3.8) is 0 Å². The molecule has 0 saturated carbocycles. The first-order valence-corrected chi connectivity index (χ1v) is 22.7. The van der Waals surface area contributed by atoms with Gasteiger partial charge in [0.05, 0.1) is 25.3 Å². The minimum absolute atomic E-state index is 0.106. The number of aliphatic imine (C=N–C) groups is 1. The first kappa shape index (κ1) is 47.6. The number of benzene rings is 1. The summed E-state index contributed by atoms with van der Waals surface area (Å²) in [5.74, 6) is -2.41. The molecular formula is C45H69N9O6S. The molecule has 2 fully saturated rings. The molecule has 2 saturated heterocycles. The number of carbonyl (C=O) groups is 5. The van der Waals surface area contributed by atoms with Crippen LogP contribution in [-0.2, 0) is 28.7 Å². The Bertz CT molecular complexity index is 1840. The van der Waals surface area contributed by atoms with Crippen LogP contribution in [0.15, 0.2) is 46.9 Å². The molecule has 5 N–H and O–H groups in total. The quantitative estimate of drug-likeness (QED) is 0.213. The highest BCUT2D eigenvalue weighted by Crippen LogP contribution is 2.29. The van der Waals surface area contributed by atoms with Crippen LogP contribution in [0.25, 0.3) is 0 Å². The van der Waals surface area contributed by atoms with E-state index >= 15 is 0 Å². The third kappa shape index (κ3) is 12.4. The van der Waals surface area contributed by atoms with Gasteiger partial charge in [-0.2, -0.15) is 0 Å².